The first-order valence-corrected chi connectivity index (χ1v) is 7.18. The van der Waals surface area contributed by atoms with E-state index in [0.717, 1.165) is 0 Å². The van der Waals surface area contributed by atoms with E-state index in [-0.39, 0.29) is 4.90 Å². The van der Waals surface area contributed by atoms with Gasteiger partial charge in [0.1, 0.15) is 11.5 Å². The van der Waals surface area contributed by atoms with E-state index in [2.05, 4.69) is 0 Å². The molecule has 0 aliphatic rings. The molecule has 0 aromatic heterocycles. The Bertz CT molecular complexity index is 648. The molecular weight excluding hydrogens is 250 g/mol. The fourth-order valence-electron chi connectivity index (χ4n) is 1.47. The molecule has 2 N–H and O–H groups in total. The number of rotatable bonds is 3. The molecule has 2 aromatic carbocycles. The highest BCUT2D eigenvalue weighted by atomic mass is 32.2. The van der Waals surface area contributed by atoms with Gasteiger partial charge >= 0.3 is 0 Å². The first-order chi connectivity index (χ1) is 8.45. The average Bonchev–Trinajstić information content (AvgIpc) is 2.28. The van der Waals surface area contributed by atoms with Crippen LogP contribution in [-0.2, 0) is 9.84 Å². The number of hydrogen-bond acceptors (Lipinski definition) is 4. The van der Waals surface area contributed by atoms with Gasteiger partial charge in [0.15, 0.2) is 9.84 Å². The van der Waals surface area contributed by atoms with Gasteiger partial charge in [0.2, 0.25) is 0 Å². The predicted molar refractivity (Wildman–Crippen MR) is 70.5 cm³/mol. The van der Waals surface area contributed by atoms with Crippen LogP contribution in [0.1, 0.15) is 0 Å². The minimum absolute atomic E-state index is 0.266. The summed E-state index contributed by atoms with van der Waals surface area (Å²) in [6, 6.07) is 13.3. The lowest BCUT2D eigenvalue weighted by molar-refractivity contribution is 0.482. The first-order valence-electron chi connectivity index (χ1n) is 5.29. The third-order valence-electron chi connectivity index (χ3n) is 2.35. The van der Waals surface area contributed by atoms with Gasteiger partial charge in [-0.25, -0.2) is 8.42 Å². The summed E-state index contributed by atoms with van der Waals surface area (Å²) in [5.74, 6) is 1.18. The molecular formula is C13H13NO3S. The van der Waals surface area contributed by atoms with Gasteiger partial charge in [0, 0.05) is 18.0 Å². The monoisotopic (exact) mass is 263 g/mol. The molecule has 94 valence electrons. The summed E-state index contributed by atoms with van der Waals surface area (Å²) in [5.41, 5.74) is 6.25. The summed E-state index contributed by atoms with van der Waals surface area (Å²) in [7, 11) is -3.17. The maximum Gasteiger partial charge on any atom is 0.175 e. The van der Waals surface area contributed by atoms with Gasteiger partial charge in [-0.1, -0.05) is 6.07 Å². The van der Waals surface area contributed by atoms with Gasteiger partial charge in [0.05, 0.1) is 4.90 Å². The Labute approximate surface area is 106 Å². The van der Waals surface area contributed by atoms with Crippen molar-refractivity contribution in [3.8, 4) is 11.5 Å². The van der Waals surface area contributed by atoms with Crippen molar-refractivity contribution >= 4 is 15.5 Å². The van der Waals surface area contributed by atoms with Gasteiger partial charge < -0.3 is 10.5 Å². The zero-order valence-corrected chi connectivity index (χ0v) is 10.6. The second-order valence-corrected chi connectivity index (χ2v) is 5.93. The van der Waals surface area contributed by atoms with E-state index in [1.165, 1.54) is 18.4 Å². The molecule has 0 aliphatic heterocycles. The lowest BCUT2D eigenvalue weighted by atomic mass is 10.3. The van der Waals surface area contributed by atoms with Crippen LogP contribution in [0.15, 0.2) is 53.4 Å². The highest BCUT2D eigenvalue weighted by Crippen LogP contribution is 2.24. The molecule has 0 aliphatic carbocycles. The van der Waals surface area contributed by atoms with Crippen LogP contribution in [0.3, 0.4) is 0 Å². The molecule has 0 bridgehead atoms. The Kier molecular flexibility index (Phi) is 3.25. The van der Waals surface area contributed by atoms with E-state index < -0.39 is 9.84 Å². The van der Waals surface area contributed by atoms with Crippen molar-refractivity contribution in [2.75, 3.05) is 12.0 Å². The van der Waals surface area contributed by atoms with Crippen LogP contribution < -0.4 is 10.5 Å². The highest BCUT2D eigenvalue weighted by molar-refractivity contribution is 7.90. The van der Waals surface area contributed by atoms with Crippen molar-refractivity contribution < 1.29 is 13.2 Å². The minimum Gasteiger partial charge on any atom is -0.457 e. The topological polar surface area (TPSA) is 69.4 Å². The van der Waals surface area contributed by atoms with E-state index in [0.29, 0.717) is 17.2 Å². The SMILES string of the molecule is CS(=O)(=O)c1ccc(Oc2cccc(N)c2)cc1. The molecule has 2 rings (SSSR count). The van der Waals surface area contributed by atoms with Crippen LogP contribution in [0, 0.1) is 0 Å². The van der Waals surface area contributed by atoms with Crippen LogP contribution in [0.25, 0.3) is 0 Å². The van der Waals surface area contributed by atoms with E-state index in [9.17, 15) is 8.42 Å². The number of nitrogens with two attached hydrogens (primary N) is 1. The molecule has 0 amide bonds. The molecule has 0 atom stereocenters. The van der Waals surface area contributed by atoms with E-state index in [1.54, 1.807) is 36.4 Å². The Balaban J connectivity index is 2.21. The fraction of sp³-hybridized carbons (Fsp3) is 0.0769. The van der Waals surface area contributed by atoms with Crippen LogP contribution in [0.2, 0.25) is 0 Å². The Morgan fingerprint density at radius 1 is 1.00 bits per heavy atom. The Morgan fingerprint density at radius 3 is 2.22 bits per heavy atom. The molecule has 4 nitrogen and oxygen atoms in total. The minimum atomic E-state index is -3.17. The van der Waals surface area contributed by atoms with Crippen molar-refractivity contribution in [3.05, 3.63) is 48.5 Å². The van der Waals surface area contributed by atoms with Gasteiger partial charge in [-0.15, -0.1) is 0 Å². The van der Waals surface area contributed by atoms with Crippen molar-refractivity contribution in [2.24, 2.45) is 0 Å². The smallest absolute Gasteiger partial charge is 0.175 e. The van der Waals surface area contributed by atoms with Gasteiger partial charge in [-0.05, 0) is 36.4 Å². The summed E-state index contributed by atoms with van der Waals surface area (Å²) < 4.78 is 28.1. The van der Waals surface area contributed by atoms with Crippen LogP contribution >= 0.6 is 0 Å². The Hall–Kier alpha value is -2.01. The summed E-state index contributed by atoms with van der Waals surface area (Å²) in [6.45, 7) is 0. The molecule has 0 saturated heterocycles. The molecule has 18 heavy (non-hydrogen) atoms. The summed E-state index contributed by atoms with van der Waals surface area (Å²) in [5, 5.41) is 0. The second-order valence-electron chi connectivity index (χ2n) is 3.92. The van der Waals surface area contributed by atoms with Crippen LogP contribution in [0.5, 0.6) is 11.5 Å². The third-order valence-corrected chi connectivity index (χ3v) is 3.47. The maximum absolute atomic E-state index is 11.3. The Morgan fingerprint density at radius 2 is 1.67 bits per heavy atom. The average molecular weight is 263 g/mol. The number of hydrogen-bond donors (Lipinski definition) is 1. The summed E-state index contributed by atoms with van der Waals surface area (Å²) >= 11 is 0. The fourth-order valence-corrected chi connectivity index (χ4v) is 2.10. The highest BCUT2D eigenvalue weighted by Gasteiger charge is 2.06. The summed E-state index contributed by atoms with van der Waals surface area (Å²) in [6.07, 6.45) is 1.17. The normalized spacial score (nSPS) is 11.2. The zero-order valence-electron chi connectivity index (χ0n) is 9.83. The van der Waals surface area contributed by atoms with Crippen LogP contribution in [0.4, 0.5) is 5.69 Å². The number of nitrogen functional groups attached to an aromatic ring is 1. The number of sulfone groups is 1. The lowest BCUT2D eigenvalue weighted by Gasteiger charge is -2.06. The molecule has 0 saturated carbocycles. The predicted octanol–water partition coefficient (Wildman–Crippen LogP) is 2.46. The van der Waals surface area contributed by atoms with E-state index in [4.69, 9.17) is 10.5 Å². The molecule has 0 spiro atoms. The number of benzene rings is 2. The molecule has 0 fully saturated rings. The lowest BCUT2D eigenvalue weighted by Crippen LogP contribution is -1.96. The van der Waals surface area contributed by atoms with Gasteiger partial charge in [-0.2, -0.15) is 0 Å². The van der Waals surface area contributed by atoms with Crippen molar-refractivity contribution in [2.45, 2.75) is 4.90 Å². The van der Waals surface area contributed by atoms with Crippen molar-refractivity contribution in [3.63, 3.8) is 0 Å². The summed E-state index contributed by atoms with van der Waals surface area (Å²) in [4.78, 5) is 0.266. The molecule has 0 heterocycles. The molecule has 2 aromatic rings. The number of anilines is 1. The largest absolute Gasteiger partial charge is 0.457 e. The third kappa shape index (κ3) is 3.01. The standard InChI is InChI=1S/C13H13NO3S/c1-18(15,16)13-7-5-11(6-8-13)17-12-4-2-3-10(14)9-12/h2-9H,14H2,1H3. The van der Waals surface area contributed by atoms with Crippen molar-refractivity contribution in [1.29, 1.82) is 0 Å². The first kappa shape index (κ1) is 12.4. The van der Waals surface area contributed by atoms with Gasteiger partial charge in [-0.3, -0.25) is 0 Å². The zero-order chi connectivity index (χ0) is 13.2. The quantitative estimate of drug-likeness (QED) is 0.864. The van der Waals surface area contributed by atoms with E-state index >= 15 is 0 Å². The maximum atomic E-state index is 11.3. The molecule has 0 unspecified atom stereocenters. The van der Waals surface area contributed by atoms with E-state index in [1.807, 2.05) is 0 Å². The van der Waals surface area contributed by atoms with Crippen molar-refractivity contribution in [1.82, 2.24) is 0 Å². The second kappa shape index (κ2) is 4.70. The van der Waals surface area contributed by atoms with Crippen LogP contribution in [-0.4, -0.2) is 14.7 Å². The number of ether oxygens (including phenoxy) is 1. The molecule has 5 heteroatoms. The molecule has 0 radical (unpaired) electrons. The van der Waals surface area contributed by atoms with Gasteiger partial charge in [0.25, 0.3) is 0 Å².